The van der Waals surface area contributed by atoms with Gasteiger partial charge in [-0.2, -0.15) is 0 Å². The lowest BCUT2D eigenvalue weighted by atomic mass is 9.98. The molecule has 2 aromatic rings. The molecule has 0 saturated heterocycles. The number of aromatic hydroxyl groups is 1. The molecule has 0 aliphatic carbocycles. The van der Waals surface area contributed by atoms with Crippen molar-refractivity contribution in [2.75, 3.05) is 11.4 Å². The molecule has 0 spiro atoms. The molecule has 0 saturated carbocycles. The molecule has 19 heavy (non-hydrogen) atoms. The van der Waals surface area contributed by atoms with Crippen LogP contribution in [0, 0.1) is 0 Å². The largest absolute Gasteiger partial charge is 0.508 e. The molecule has 1 atom stereocenters. The van der Waals surface area contributed by atoms with Gasteiger partial charge in [0.05, 0.1) is 6.04 Å². The number of nitrogens with zero attached hydrogens (tertiary/aromatic N) is 1. The number of para-hydroxylation sites is 1. The van der Waals surface area contributed by atoms with Crippen LogP contribution < -0.4 is 4.90 Å². The summed E-state index contributed by atoms with van der Waals surface area (Å²) < 4.78 is 0. The van der Waals surface area contributed by atoms with Gasteiger partial charge in [-0.3, -0.25) is 0 Å². The first-order valence-electron chi connectivity index (χ1n) is 6.89. The average Bonchev–Trinajstić information content (AvgIpc) is 2.47. The minimum Gasteiger partial charge on any atom is -0.508 e. The van der Waals surface area contributed by atoms with Crippen molar-refractivity contribution in [3.63, 3.8) is 0 Å². The maximum atomic E-state index is 9.39. The molecule has 0 radical (unpaired) electrons. The van der Waals surface area contributed by atoms with Gasteiger partial charge in [-0.1, -0.05) is 30.3 Å². The first-order chi connectivity index (χ1) is 9.25. The number of benzene rings is 2. The van der Waals surface area contributed by atoms with Crippen molar-refractivity contribution in [3.8, 4) is 5.75 Å². The number of fused-ring (bicyclic) bond motifs is 1. The summed E-state index contributed by atoms with van der Waals surface area (Å²) in [7, 11) is 0. The van der Waals surface area contributed by atoms with E-state index in [1.54, 1.807) is 12.1 Å². The fourth-order valence-electron chi connectivity index (χ4n) is 2.90. The van der Waals surface area contributed by atoms with E-state index in [-0.39, 0.29) is 0 Å². The van der Waals surface area contributed by atoms with Crippen LogP contribution in [0.1, 0.15) is 30.5 Å². The molecule has 2 aromatic carbocycles. The molecule has 0 amide bonds. The Labute approximate surface area is 114 Å². The Kier molecular flexibility index (Phi) is 3.16. The van der Waals surface area contributed by atoms with Crippen LogP contribution >= 0.6 is 0 Å². The predicted octanol–water partition coefficient (Wildman–Crippen LogP) is 3.91. The summed E-state index contributed by atoms with van der Waals surface area (Å²) in [6.07, 6.45) is 2.38. The molecular weight excluding hydrogens is 234 g/mol. The fraction of sp³-hybridized carbons (Fsp3) is 0.294. The molecule has 2 nitrogen and oxygen atoms in total. The van der Waals surface area contributed by atoms with Crippen LogP contribution in [0.25, 0.3) is 0 Å². The minimum absolute atomic E-state index is 0.329. The fourth-order valence-corrected chi connectivity index (χ4v) is 2.90. The Morgan fingerprint density at radius 1 is 1.05 bits per heavy atom. The Morgan fingerprint density at radius 3 is 2.58 bits per heavy atom. The van der Waals surface area contributed by atoms with Gasteiger partial charge in [0.15, 0.2) is 0 Å². The summed E-state index contributed by atoms with van der Waals surface area (Å²) in [5.74, 6) is 0.329. The lowest BCUT2D eigenvalue weighted by Gasteiger charge is -2.36. The van der Waals surface area contributed by atoms with Gasteiger partial charge < -0.3 is 10.0 Å². The number of anilines is 1. The maximum Gasteiger partial charge on any atom is 0.115 e. The third-order valence-corrected chi connectivity index (χ3v) is 3.99. The van der Waals surface area contributed by atoms with Crippen molar-refractivity contribution in [2.24, 2.45) is 0 Å². The van der Waals surface area contributed by atoms with Crippen LogP contribution in [0.2, 0.25) is 0 Å². The van der Waals surface area contributed by atoms with Crippen molar-refractivity contribution < 1.29 is 5.11 Å². The topological polar surface area (TPSA) is 23.5 Å². The van der Waals surface area contributed by atoms with E-state index in [9.17, 15) is 5.11 Å². The van der Waals surface area contributed by atoms with Crippen molar-refractivity contribution in [1.82, 2.24) is 0 Å². The zero-order valence-electron chi connectivity index (χ0n) is 11.2. The SMILES string of the molecule is CC(c1ccc(O)cc1)N1CCCc2ccccc21. The van der Waals surface area contributed by atoms with Gasteiger partial charge in [-0.25, -0.2) is 0 Å². The summed E-state index contributed by atoms with van der Waals surface area (Å²) in [6, 6.07) is 16.6. The van der Waals surface area contributed by atoms with Crippen LogP contribution in [-0.2, 0) is 6.42 Å². The summed E-state index contributed by atoms with van der Waals surface area (Å²) >= 11 is 0. The zero-order chi connectivity index (χ0) is 13.2. The smallest absolute Gasteiger partial charge is 0.115 e. The highest BCUT2D eigenvalue weighted by Gasteiger charge is 2.21. The maximum absolute atomic E-state index is 9.39. The molecule has 0 fully saturated rings. The Hall–Kier alpha value is -1.96. The Morgan fingerprint density at radius 2 is 1.79 bits per heavy atom. The van der Waals surface area contributed by atoms with E-state index in [4.69, 9.17) is 0 Å². The molecule has 1 aliphatic rings. The number of rotatable bonds is 2. The van der Waals surface area contributed by atoms with E-state index < -0.39 is 0 Å². The third-order valence-electron chi connectivity index (χ3n) is 3.99. The molecule has 2 heteroatoms. The molecule has 1 aliphatic heterocycles. The highest BCUT2D eigenvalue weighted by atomic mass is 16.3. The summed E-state index contributed by atoms with van der Waals surface area (Å²) in [4.78, 5) is 2.46. The standard InChI is InChI=1S/C17H19NO/c1-13(14-8-10-16(19)11-9-14)18-12-4-6-15-5-2-3-7-17(15)18/h2-3,5,7-11,13,19H,4,6,12H2,1H3. The quantitative estimate of drug-likeness (QED) is 0.877. The van der Waals surface area contributed by atoms with Crippen molar-refractivity contribution in [3.05, 3.63) is 59.7 Å². The van der Waals surface area contributed by atoms with E-state index in [0.29, 0.717) is 11.8 Å². The van der Waals surface area contributed by atoms with Gasteiger partial charge in [-0.05, 0) is 49.1 Å². The number of hydrogen-bond donors (Lipinski definition) is 1. The number of phenolic OH excluding ortho intramolecular Hbond substituents is 1. The second kappa shape index (κ2) is 4.96. The molecule has 3 rings (SSSR count). The minimum atomic E-state index is 0.329. The van der Waals surface area contributed by atoms with E-state index in [1.165, 1.54) is 29.7 Å². The summed E-state index contributed by atoms with van der Waals surface area (Å²) in [5.41, 5.74) is 4.04. The number of aryl methyl sites for hydroxylation is 1. The zero-order valence-corrected chi connectivity index (χ0v) is 11.2. The monoisotopic (exact) mass is 253 g/mol. The average molecular weight is 253 g/mol. The predicted molar refractivity (Wildman–Crippen MR) is 78.6 cm³/mol. The normalized spacial score (nSPS) is 15.9. The van der Waals surface area contributed by atoms with E-state index >= 15 is 0 Å². The highest BCUT2D eigenvalue weighted by Crippen LogP contribution is 2.34. The summed E-state index contributed by atoms with van der Waals surface area (Å²) in [6.45, 7) is 3.33. The second-order valence-corrected chi connectivity index (χ2v) is 5.19. The van der Waals surface area contributed by atoms with Gasteiger partial charge in [0.25, 0.3) is 0 Å². The molecule has 0 bridgehead atoms. The van der Waals surface area contributed by atoms with E-state index in [1.807, 2.05) is 12.1 Å². The van der Waals surface area contributed by atoms with Crippen molar-refractivity contribution >= 4 is 5.69 Å². The molecule has 1 unspecified atom stereocenters. The van der Waals surface area contributed by atoms with Crippen LogP contribution in [0.15, 0.2) is 48.5 Å². The highest BCUT2D eigenvalue weighted by molar-refractivity contribution is 5.57. The summed E-state index contributed by atoms with van der Waals surface area (Å²) in [5, 5.41) is 9.39. The van der Waals surface area contributed by atoms with Crippen LogP contribution in [0.4, 0.5) is 5.69 Å². The lowest BCUT2D eigenvalue weighted by Crippen LogP contribution is -2.31. The van der Waals surface area contributed by atoms with E-state index in [2.05, 4.69) is 36.1 Å². The first kappa shape index (κ1) is 12.1. The van der Waals surface area contributed by atoms with Crippen molar-refractivity contribution in [2.45, 2.75) is 25.8 Å². The van der Waals surface area contributed by atoms with Crippen LogP contribution in [0.3, 0.4) is 0 Å². The number of hydrogen-bond acceptors (Lipinski definition) is 2. The Bertz CT molecular complexity index is 562. The van der Waals surface area contributed by atoms with Crippen molar-refractivity contribution in [1.29, 1.82) is 0 Å². The molecular formula is C17H19NO. The molecule has 1 heterocycles. The molecule has 0 aromatic heterocycles. The van der Waals surface area contributed by atoms with Crippen LogP contribution in [0.5, 0.6) is 5.75 Å². The molecule has 98 valence electrons. The second-order valence-electron chi connectivity index (χ2n) is 5.19. The van der Waals surface area contributed by atoms with E-state index in [0.717, 1.165) is 6.54 Å². The number of phenols is 1. The van der Waals surface area contributed by atoms with Gasteiger partial charge in [0, 0.05) is 12.2 Å². The van der Waals surface area contributed by atoms with Gasteiger partial charge in [0.2, 0.25) is 0 Å². The third kappa shape index (κ3) is 2.30. The van der Waals surface area contributed by atoms with Crippen LogP contribution in [-0.4, -0.2) is 11.7 Å². The van der Waals surface area contributed by atoms with Gasteiger partial charge >= 0.3 is 0 Å². The van der Waals surface area contributed by atoms with Gasteiger partial charge in [-0.15, -0.1) is 0 Å². The lowest BCUT2D eigenvalue weighted by molar-refractivity contribution is 0.474. The molecule has 1 N–H and O–H groups in total. The first-order valence-corrected chi connectivity index (χ1v) is 6.89. The Balaban J connectivity index is 1.92. The van der Waals surface area contributed by atoms with Gasteiger partial charge in [0.1, 0.15) is 5.75 Å².